The van der Waals surface area contributed by atoms with Crippen LogP contribution in [-0.4, -0.2) is 0 Å². The molecule has 1 fully saturated rings. The highest BCUT2D eigenvalue weighted by Crippen LogP contribution is 2.26. The molecule has 0 aromatic rings. The highest BCUT2D eigenvalue weighted by Gasteiger charge is 2.13. The van der Waals surface area contributed by atoms with Crippen molar-refractivity contribution >= 4 is 0 Å². The Balaban J connectivity index is 2.28. The molecular formula is C10H19. The number of hydrogen-bond acceptors (Lipinski definition) is 0. The van der Waals surface area contributed by atoms with Gasteiger partial charge in [0.15, 0.2) is 0 Å². The predicted octanol–water partition coefficient (Wildman–Crippen LogP) is 3.43. The average molecular weight is 139 g/mol. The summed E-state index contributed by atoms with van der Waals surface area (Å²) in [4.78, 5) is 0. The van der Waals surface area contributed by atoms with Gasteiger partial charge in [0.05, 0.1) is 0 Å². The van der Waals surface area contributed by atoms with Gasteiger partial charge in [-0.2, -0.15) is 0 Å². The predicted molar refractivity (Wildman–Crippen MR) is 45.7 cm³/mol. The first-order chi connectivity index (χ1) is 4.80. The minimum Gasteiger partial charge on any atom is -0.0623 e. The van der Waals surface area contributed by atoms with E-state index >= 15 is 0 Å². The van der Waals surface area contributed by atoms with Crippen LogP contribution in [0, 0.1) is 18.3 Å². The van der Waals surface area contributed by atoms with Gasteiger partial charge in [0.25, 0.3) is 0 Å². The molecule has 1 saturated carbocycles. The second kappa shape index (κ2) is 4.00. The lowest BCUT2D eigenvalue weighted by Gasteiger charge is -2.22. The first kappa shape index (κ1) is 8.10. The second-order valence-corrected chi connectivity index (χ2v) is 3.76. The third-order valence-corrected chi connectivity index (χ3v) is 2.83. The lowest BCUT2D eigenvalue weighted by atomic mass is 9.84. The molecule has 0 spiro atoms. The quantitative estimate of drug-likeness (QED) is 0.482. The minimum absolute atomic E-state index is 0.931. The van der Waals surface area contributed by atoms with E-state index in [0.717, 1.165) is 11.8 Å². The molecule has 0 nitrogen and oxygen atoms in total. The van der Waals surface area contributed by atoms with Crippen molar-refractivity contribution in [3.63, 3.8) is 0 Å². The van der Waals surface area contributed by atoms with Gasteiger partial charge in [0.2, 0.25) is 0 Å². The van der Waals surface area contributed by atoms with E-state index in [9.17, 15) is 0 Å². The molecule has 1 radical (unpaired) electrons. The number of rotatable bonds is 0. The summed E-state index contributed by atoms with van der Waals surface area (Å²) in [6.45, 7) is 4.77. The molecule has 59 valence electrons. The Morgan fingerprint density at radius 2 is 1.90 bits per heavy atom. The highest BCUT2D eigenvalue weighted by molar-refractivity contribution is 4.75. The molecule has 2 atom stereocenters. The summed E-state index contributed by atoms with van der Waals surface area (Å²) in [5.74, 6) is 1.89. The average Bonchev–Trinajstić information content (AvgIpc) is 1.92. The maximum atomic E-state index is 2.47. The van der Waals surface area contributed by atoms with E-state index in [2.05, 4.69) is 20.3 Å². The second-order valence-electron chi connectivity index (χ2n) is 3.76. The van der Waals surface area contributed by atoms with Crippen molar-refractivity contribution in [3.8, 4) is 0 Å². The highest BCUT2D eigenvalue weighted by atomic mass is 14.2. The van der Waals surface area contributed by atoms with Gasteiger partial charge in [-0.1, -0.05) is 39.5 Å². The molecular weight excluding hydrogens is 120 g/mol. The van der Waals surface area contributed by atoms with Gasteiger partial charge >= 0.3 is 0 Å². The summed E-state index contributed by atoms with van der Waals surface area (Å²) in [5.41, 5.74) is 0. The van der Waals surface area contributed by atoms with Crippen LogP contribution in [0.4, 0.5) is 0 Å². The Kier molecular flexibility index (Phi) is 3.24. The van der Waals surface area contributed by atoms with Crippen molar-refractivity contribution in [2.75, 3.05) is 0 Å². The van der Waals surface area contributed by atoms with Crippen LogP contribution in [0.1, 0.15) is 46.0 Å². The topological polar surface area (TPSA) is 0 Å². The van der Waals surface area contributed by atoms with Crippen LogP contribution < -0.4 is 0 Å². The Morgan fingerprint density at radius 1 is 1.10 bits per heavy atom. The van der Waals surface area contributed by atoms with Crippen LogP contribution in [0.5, 0.6) is 0 Å². The van der Waals surface area contributed by atoms with E-state index in [1.807, 2.05) is 0 Å². The summed E-state index contributed by atoms with van der Waals surface area (Å²) in [5, 5.41) is 0. The molecule has 1 aliphatic rings. The summed E-state index contributed by atoms with van der Waals surface area (Å²) in [6, 6.07) is 0. The summed E-state index contributed by atoms with van der Waals surface area (Å²) < 4.78 is 0. The van der Waals surface area contributed by atoms with Crippen LogP contribution in [-0.2, 0) is 0 Å². The molecule has 0 aliphatic heterocycles. The summed E-state index contributed by atoms with van der Waals surface area (Å²) >= 11 is 0. The van der Waals surface area contributed by atoms with Crippen LogP contribution in [0.3, 0.4) is 0 Å². The minimum atomic E-state index is 0.931. The van der Waals surface area contributed by atoms with E-state index in [1.54, 1.807) is 0 Å². The van der Waals surface area contributed by atoms with Crippen molar-refractivity contribution in [2.45, 2.75) is 46.0 Å². The van der Waals surface area contributed by atoms with E-state index in [-0.39, 0.29) is 0 Å². The fourth-order valence-electron chi connectivity index (χ4n) is 1.65. The Hall–Kier alpha value is 0. The van der Waals surface area contributed by atoms with Gasteiger partial charge in [-0.25, -0.2) is 0 Å². The molecule has 10 heavy (non-hydrogen) atoms. The molecule has 0 heterocycles. The third kappa shape index (κ3) is 2.32. The SMILES string of the molecule is CC1C[CH]CCCCC1C. The monoisotopic (exact) mass is 139 g/mol. The molecule has 1 rings (SSSR count). The van der Waals surface area contributed by atoms with E-state index in [4.69, 9.17) is 0 Å². The van der Waals surface area contributed by atoms with Crippen LogP contribution in [0.2, 0.25) is 0 Å². The van der Waals surface area contributed by atoms with Crippen molar-refractivity contribution in [3.05, 3.63) is 6.42 Å². The molecule has 0 amide bonds. The molecule has 2 unspecified atom stereocenters. The van der Waals surface area contributed by atoms with Gasteiger partial charge in [-0.15, -0.1) is 0 Å². The largest absolute Gasteiger partial charge is 0.0623 e. The molecule has 0 aromatic heterocycles. The fraction of sp³-hybridized carbons (Fsp3) is 0.900. The van der Waals surface area contributed by atoms with Gasteiger partial charge in [0, 0.05) is 0 Å². The normalized spacial score (nSPS) is 36.6. The Morgan fingerprint density at radius 3 is 2.70 bits per heavy atom. The fourth-order valence-corrected chi connectivity index (χ4v) is 1.65. The first-order valence-corrected chi connectivity index (χ1v) is 4.62. The van der Waals surface area contributed by atoms with Gasteiger partial charge in [-0.3, -0.25) is 0 Å². The van der Waals surface area contributed by atoms with Gasteiger partial charge in [-0.05, 0) is 24.7 Å². The van der Waals surface area contributed by atoms with E-state index in [0.29, 0.717) is 0 Å². The molecule has 0 aromatic carbocycles. The van der Waals surface area contributed by atoms with Crippen molar-refractivity contribution < 1.29 is 0 Å². The van der Waals surface area contributed by atoms with E-state index in [1.165, 1.54) is 32.1 Å². The Labute approximate surface area is 65.0 Å². The summed E-state index contributed by atoms with van der Waals surface area (Å²) in [6.07, 6.45) is 9.51. The van der Waals surface area contributed by atoms with E-state index < -0.39 is 0 Å². The molecule has 1 aliphatic carbocycles. The van der Waals surface area contributed by atoms with Crippen LogP contribution in [0.15, 0.2) is 0 Å². The first-order valence-electron chi connectivity index (χ1n) is 4.62. The van der Waals surface area contributed by atoms with Crippen molar-refractivity contribution in [1.29, 1.82) is 0 Å². The molecule has 0 heteroatoms. The zero-order chi connectivity index (χ0) is 7.40. The zero-order valence-corrected chi connectivity index (χ0v) is 7.27. The zero-order valence-electron chi connectivity index (χ0n) is 7.27. The standard InChI is InChI=1S/C10H19/c1-9-7-5-3-4-6-8-10(9)2/h5,9-10H,3-4,6-8H2,1-2H3. The summed E-state index contributed by atoms with van der Waals surface area (Å²) in [7, 11) is 0. The maximum Gasteiger partial charge on any atom is -0.0383 e. The van der Waals surface area contributed by atoms with Crippen molar-refractivity contribution in [1.82, 2.24) is 0 Å². The molecule has 0 saturated heterocycles. The van der Waals surface area contributed by atoms with Crippen LogP contribution >= 0.6 is 0 Å². The molecule has 0 N–H and O–H groups in total. The van der Waals surface area contributed by atoms with Gasteiger partial charge < -0.3 is 0 Å². The maximum absolute atomic E-state index is 2.47. The third-order valence-electron chi connectivity index (χ3n) is 2.83. The lowest BCUT2D eigenvalue weighted by molar-refractivity contribution is 0.330. The van der Waals surface area contributed by atoms with Gasteiger partial charge in [0.1, 0.15) is 0 Å². The van der Waals surface area contributed by atoms with Crippen molar-refractivity contribution in [2.24, 2.45) is 11.8 Å². The number of hydrogen-bond donors (Lipinski definition) is 0. The smallest absolute Gasteiger partial charge is 0.0383 e. The Bertz CT molecular complexity index is 74.0. The van der Waals surface area contributed by atoms with Crippen LogP contribution in [0.25, 0.3) is 0 Å². The lowest BCUT2D eigenvalue weighted by Crippen LogP contribution is -2.10. The molecule has 0 bridgehead atoms.